The second-order valence-electron chi connectivity index (χ2n) is 5.94. The van der Waals surface area contributed by atoms with Crippen LogP contribution in [0.15, 0.2) is 18.2 Å². The number of methoxy groups -OCH3 is 1. The van der Waals surface area contributed by atoms with Crippen molar-refractivity contribution in [3.63, 3.8) is 0 Å². The van der Waals surface area contributed by atoms with E-state index in [2.05, 4.69) is 25.2 Å². The third-order valence-corrected chi connectivity index (χ3v) is 4.46. The van der Waals surface area contributed by atoms with E-state index in [-0.39, 0.29) is 0 Å². The number of halogens is 1. The molecule has 2 atom stereocenters. The van der Waals surface area contributed by atoms with Crippen LogP contribution in [0.5, 0.6) is 5.75 Å². The van der Waals surface area contributed by atoms with Crippen molar-refractivity contribution in [2.45, 2.75) is 51.5 Å². The van der Waals surface area contributed by atoms with Gasteiger partial charge < -0.3 is 10.1 Å². The van der Waals surface area contributed by atoms with Gasteiger partial charge in [0.05, 0.1) is 7.11 Å². The molecule has 0 spiro atoms. The lowest BCUT2D eigenvalue weighted by Crippen LogP contribution is -2.27. The molecule has 0 heterocycles. The van der Waals surface area contributed by atoms with Gasteiger partial charge >= 0.3 is 0 Å². The minimum atomic E-state index is 0.462. The van der Waals surface area contributed by atoms with E-state index in [0.29, 0.717) is 11.8 Å². The highest BCUT2D eigenvalue weighted by atomic mass is 35.5. The number of benzene rings is 1. The summed E-state index contributed by atoms with van der Waals surface area (Å²) in [7, 11) is 1.74. The van der Waals surface area contributed by atoms with E-state index >= 15 is 0 Å². The van der Waals surface area contributed by atoms with Crippen molar-refractivity contribution >= 4 is 11.6 Å². The van der Waals surface area contributed by atoms with Crippen LogP contribution in [0, 0.1) is 5.92 Å². The SMILES string of the molecule is CCCC(C)C(CNC1CC1)c1cc(Cl)ccc1OC. The highest BCUT2D eigenvalue weighted by molar-refractivity contribution is 6.30. The fourth-order valence-electron chi connectivity index (χ4n) is 2.85. The Balaban J connectivity index is 2.20. The maximum Gasteiger partial charge on any atom is 0.122 e. The van der Waals surface area contributed by atoms with Gasteiger partial charge in [-0.1, -0.05) is 38.3 Å². The Morgan fingerprint density at radius 2 is 2.15 bits per heavy atom. The molecule has 0 radical (unpaired) electrons. The predicted molar refractivity (Wildman–Crippen MR) is 85.8 cm³/mol. The van der Waals surface area contributed by atoms with Gasteiger partial charge in [-0.3, -0.25) is 0 Å². The number of nitrogens with one attached hydrogen (secondary N) is 1. The number of hydrogen-bond acceptors (Lipinski definition) is 2. The topological polar surface area (TPSA) is 21.3 Å². The molecule has 20 heavy (non-hydrogen) atoms. The quantitative estimate of drug-likeness (QED) is 0.755. The molecule has 0 bridgehead atoms. The van der Waals surface area contributed by atoms with Gasteiger partial charge in [0.25, 0.3) is 0 Å². The summed E-state index contributed by atoms with van der Waals surface area (Å²) in [5, 5.41) is 4.46. The van der Waals surface area contributed by atoms with Gasteiger partial charge in [-0.25, -0.2) is 0 Å². The van der Waals surface area contributed by atoms with E-state index in [9.17, 15) is 0 Å². The summed E-state index contributed by atoms with van der Waals surface area (Å²) < 4.78 is 5.55. The van der Waals surface area contributed by atoms with Gasteiger partial charge in [0.1, 0.15) is 5.75 Å². The van der Waals surface area contributed by atoms with Crippen LogP contribution in [0.1, 0.15) is 51.0 Å². The van der Waals surface area contributed by atoms with Crippen molar-refractivity contribution in [2.24, 2.45) is 5.92 Å². The lowest BCUT2D eigenvalue weighted by molar-refractivity contribution is 0.369. The van der Waals surface area contributed by atoms with Crippen LogP contribution in [0.3, 0.4) is 0 Å². The Kier molecular flexibility index (Phi) is 5.74. The first-order chi connectivity index (χ1) is 9.65. The summed E-state index contributed by atoms with van der Waals surface area (Å²) in [6.07, 6.45) is 5.08. The average Bonchev–Trinajstić information content (AvgIpc) is 3.24. The lowest BCUT2D eigenvalue weighted by atomic mass is 9.84. The van der Waals surface area contributed by atoms with Gasteiger partial charge in [0.2, 0.25) is 0 Å². The minimum Gasteiger partial charge on any atom is -0.496 e. The summed E-state index contributed by atoms with van der Waals surface area (Å²) in [6.45, 7) is 5.60. The molecule has 1 fully saturated rings. The summed E-state index contributed by atoms with van der Waals surface area (Å²) in [4.78, 5) is 0. The van der Waals surface area contributed by atoms with Crippen LogP contribution in [-0.4, -0.2) is 19.7 Å². The largest absolute Gasteiger partial charge is 0.496 e. The van der Waals surface area contributed by atoms with Gasteiger partial charge in [-0.05, 0) is 37.0 Å². The van der Waals surface area contributed by atoms with Gasteiger partial charge in [0.15, 0.2) is 0 Å². The van der Waals surface area contributed by atoms with E-state index in [1.807, 2.05) is 12.1 Å². The molecular formula is C17H26ClNO. The van der Waals surface area contributed by atoms with Crippen LogP contribution < -0.4 is 10.1 Å². The van der Waals surface area contributed by atoms with Gasteiger partial charge in [0, 0.05) is 29.1 Å². The Morgan fingerprint density at radius 3 is 2.75 bits per heavy atom. The van der Waals surface area contributed by atoms with Crippen LogP contribution in [-0.2, 0) is 0 Å². The maximum absolute atomic E-state index is 6.20. The molecular weight excluding hydrogens is 270 g/mol. The minimum absolute atomic E-state index is 0.462. The van der Waals surface area contributed by atoms with E-state index in [1.165, 1.54) is 31.2 Å². The Labute approximate surface area is 127 Å². The smallest absolute Gasteiger partial charge is 0.122 e. The zero-order chi connectivity index (χ0) is 14.5. The molecule has 0 aromatic heterocycles. The average molecular weight is 296 g/mol. The van der Waals surface area contributed by atoms with Crippen LogP contribution in [0.2, 0.25) is 5.02 Å². The molecule has 0 amide bonds. The molecule has 0 aliphatic heterocycles. The highest BCUT2D eigenvalue weighted by Crippen LogP contribution is 2.36. The van der Waals surface area contributed by atoms with Gasteiger partial charge in [-0.15, -0.1) is 0 Å². The maximum atomic E-state index is 6.20. The molecule has 1 aliphatic carbocycles. The van der Waals surface area contributed by atoms with E-state index < -0.39 is 0 Å². The molecule has 2 unspecified atom stereocenters. The Hall–Kier alpha value is -0.730. The standard InChI is InChI=1S/C17H26ClNO/c1-4-5-12(2)16(11-19-14-7-8-14)15-10-13(18)6-9-17(15)20-3/h6,9-10,12,14,16,19H,4-5,7-8,11H2,1-3H3. The van der Waals surface area contributed by atoms with Crippen molar-refractivity contribution in [1.82, 2.24) is 5.32 Å². The normalized spacial score (nSPS) is 17.8. The zero-order valence-electron chi connectivity index (χ0n) is 12.8. The van der Waals surface area contributed by atoms with Crippen molar-refractivity contribution < 1.29 is 4.74 Å². The zero-order valence-corrected chi connectivity index (χ0v) is 13.5. The molecule has 3 heteroatoms. The third-order valence-electron chi connectivity index (χ3n) is 4.23. The van der Waals surface area contributed by atoms with Crippen molar-refractivity contribution in [1.29, 1.82) is 0 Å². The summed E-state index contributed by atoms with van der Waals surface area (Å²) in [5.74, 6) is 2.04. The lowest BCUT2D eigenvalue weighted by Gasteiger charge is -2.26. The molecule has 1 aromatic rings. The first-order valence-electron chi connectivity index (χ1n) is 7.72. The Bertz CT molecular complexity index is 431. The van der Waals surface area contributed by atoms with Crippen molar-refractivity contribution in [3.8, 4) is 5.75 Å². The number of ether oxygens (including phenoxy) is 1. The van der Waals surface area contributed by atoms with Gasteiger partial charge in [-0.2, -0.15) is 0 Å². The van der Waals surface area contributed by atoms with E-state index in [1.54, 1.807) is 7.11 Å². The summed E-state index contributed by atoms with van der Waals surface area (Å²) in [5.41, 5.74) is 1.24. The van der Waals surface area contributed by atoms with Crippen LogP contribution in [0.25, 0.3) is 0 Å². The van der Waals surface area contributed by atoms with Crippen LogP contribution >= 0.6 is 11.6 Å². The number of hydrogen-bond donors (Lipinski definition) is 1. The molecule has 0 saturated heterocycles. The molecule has 1 aromatic carbocycles. The number of rotatable bonds is 8. The van der Waals surface area contributed by atoms with E-state index in [0.717, 1.165) is 23.4 Å². The Morgan fingerprint density at radius 1 is 1.40 bits per heavy atom. The fraction of sp³-hybridized carbons (Fsp3) is 0.647. The first kappa shape index (κ1) is 15.7. The third kappa shape index (κ3) is 4.13. The molecule has 1 N–H and O–H groups in total. The monoisotopic (exact) mass is 295 g/mol. The highest BCUT2D eigenvalue weighted by Gasteiger charge is 2.26. The van der Waals surface area contributed by atoms with Crippen LogP contribution in [0.4, 0.5) is 0 Å². The molecule has 112 valence electrons. The van der Waals surface area contributed by atoms with Crippen molar-refractivity contribution in [3.05, 3.63) is 28.8 Å². The van der Waals surface area contributed by atoms with E-state index in [4.69, 9.17) is 16.3 Å². The second-order valence-corrected chi connectivity index (χ2v) is 6.38. The summed E-state index contributed by atoms with van der Waals surface area (Å²) >= 11 is 6.20. The fourth-order valence-corrected chi connectivity index (χ4v) is 3.03. The molecule has 2 rings (SSSR count). The summed E-state index contributed by atoms with van der Waals surface area (Å²) in [6, 6.07) is 6.70. The first-order valence-corrected chi connectivity index (χ1v) is 8.10. The molecule has 1 saturated carbocycles. The second kappa shape index (κ2) is 7.33. The predicted octanol–water partition coefficient (Wildman–Crippen LogP) is 4.62. The molecule has 2 nitrogen and oxygen atoms in total. The molecule has 1 aliphatic rings. The van der Waals surface area contributed by atoms with Crippen molar-refractivity contribution in [2.75, 3.05) is 13.7 Å².